The second kappa shape index (κ2) is 4.48. The molecule has 16 heavy (non-hydrogen) atoms. The van der Waals surface area contributed by atoms with E-state index in [0.717, 1.165) is 0 Å². The van der Waals surface area contributed by atoms with Crippen molar-refractivity contribution in [1.29, 1.82) is 0 Å². The van der Waals surface area contributed by atoms with Gasteiger partial charge < -0.3 is 14.5 Å². The van der Waals surface area contributed by atoms with E-state index in [1.54, 1.807) is 30.5 Å². The predicted molar refractivity (Wildman–Crippen MR) is 57.5 cm³/mol. The van der Waals surface area contributed by atoms with Gasteiger partial charge in [0.15, 0.2) is 17.3 Å². The van der Waals surface area contributed by atoms with Crippen molar-refractivity contribution in [3.8, 4) is 5.75 Å². The van der Waals surface area contributed by atoms with Crippen LogP contribution in [0.3, 0.4) is 0 Å². The maximum absolute atomic E-state index is 11.6. The van der Waals surface area contributed by atoms with E-state index in [9.17, 15) is 4.79 Å². The van der Waals surface area contributed by atoms with E-state index >= 15 is 0 Å². The Morgan fingerprint density at radius 3 is 3.00 bits per heavy atom. The Morgan fingerprint density at radius 1 is 1.44 bits per heavy atom. The van der Waals surface area contributed by atoms with Crippen molar-refractivity contribution < 1.29 is 13.9 Å². The molecule has 82 valence electrons. The van der Waals surface area contributed by atoms with Crippen LogP contribution in [-0.2, 0) is 0 Å². The van der Waals surface area contributed by atoms with Crippen molar-refractivity contribution in [3.05, 3.63) is 42.5 Å². The average molecular weight is 218 g/mol. The molecule has 2 heterocycles. The Morgan fingerprint density at radius 2 is 2.31 bits per heavy atom. The van der Waals surface area contributed by atoms with Crippen LogP contribution in [-0.4, -0.2) is 18.0 Å². The molecule has 1 amide bonds. The van der Waals surface area contributed by atoms with Crippen LogP contribution in [0.25, 0.3) is 0 Å². The van der Waals surface area contributed by atoms with E-state index < -0.39 is 0 Å². The van der Waals surface area contributed by atoms with Crippen molar-refractivity contribution in [1.82, 2.24) is 4.98 Å². The third-order valence-electron chi connectivity index (χ3n) is 1.97. The van der Waals surface area contributed by atoms with Gasteiger partial charge in [0.25, 0.3) is 5.91 Å². The molecule has 0 unspecified atom stereocenters. The standard InChI is InChI=1S/C11H10N2O3/c1-15-8-4-2-6-12-10(8)13-11(14)9-5-3-7-16-9/h2-7H,1H3,(H,12,13,14). The Kier molecular flexibility index (Phi) is 2.86. The second-order valence-corrected chi connectivity index (χ2v) is 2.99. The second-order valence-electron chi connectivity index (χ2n) is 2.99. The first-order valence-corrected chi connectivity index (χ1v) is 4.65. The molecule has 0 bridgehead atoms. The fourth-order valence-electron chi connectivity index (χ4n) is 1.23. The monoisotopic (exact) mass is 218 g/mol. The summed E-state index contributed by atoms with van der Waals surface area (Å²) in [5.41, 5.74) is 0. The third kappa shape index (κ3) is 2.03. The number of methoxy groups -OCH3 is 1. The molecule has 0 aromatic carbocycles. The fraction of sp³-hybridized carbons (Fsp3) is 0.0909. The number of nitrogens with one attached hydrogen (secondary N) is 1. The number of ether oxygens (including phenoxy) is 1. The molecule has 2 aromatic rings. The lowest BCUT2D eigenvalue weighted by molar-refractivity contribution is 0.0996. The zero-order valence-corrected chi connectivity index (χ0v) is 8.64. The Labute approximate surface area is 92.1 Å². The van der Waals surface area contributed by atoms with E-state index in [1.807, 2.05) is 0 Å². The van der Waals surface area contributed by atoms with Gasteiger partial charge in [-0.05, 0) is 24.3 Å². The Bertz CT molecular complexity index is 480. The maximum Gasteiger partial charge on any atom is 0.292 e. The minimum atomic E-state index is -0.359. The van der Waals surface area contributed by atoms with Crippen molar-refractivity contribution in [2.75, 3.05) is 12.4 Å². The van der Waals surface area contributed by atoms with Crippen LogP contribution in [0.4, 0.5) is 5.82 Å². The van der Waals surface area contributed by atoms with E-state index in [1.165, 1.54) is 13.4 Å². The lowest BCUT2D eigenvalue weighted by Crippen LogP contribution is -2.12. The zero-order chi connectivity index (χ0) is 11.4. The van der Waals surface area contributed by atoms with Gasteiger partial charge in [-0.25, -0.2) is 4.98 Å². The highest BCUT2D eigenvalue weighted by atomic mass is 16.5. The first-order valence-electron chi connectivity index (χ1n) is 4.65. The molecule has 0 saturated carbocycles. The molecule has 0 aliphatic heterocycles. The molecular formula is C11H10N2O3. The van der Waals surface area contributed by atoms with Gasteiger partial charge in [0.1, 0.15) is 0 Å². The minimum Gasteiger partial charge on any atom is -0.493 e. The number of aromatic nitrogens is 1. The van der Waals surface area contributed by atoms with E-state index in [-0.39, 0.29) is 11.7 Å². The number of amides is 1. The van der Waals surface area contributed by atoms with Crippen molar-refractivity contribution in [2.45, 2.75) is 0 Å². The first-order chi connectivity index (χ1) is 7.81. The number of carbonyl (C=O) groups excluding carboxylic acids is 1. The summed E-state index contributed by atoms with van der Waals surface area (Å²) in [5, 5.41) is 2.60. The molecule has 0 spiro atoms. The topological polar surface area (TPSA) is 64.4 Å². The summed E-state index contributed by atoms with van der Waals surface area (Å²) in [6, 6.07) is 6.65. The number of pyridine rings is 1. The van der Waals surface area contributed by atoms with Gasteiger partial charge in [0, 0.05) is 6.20 Å². The quantitative estimate of drug-likeness (QED) is 0.854. The lowest BCUT2D eigenvalue weighted by Gasteiger charge is -2.06. The highest BCUT2D eigenvalue weighted by Gasteiger charge is 2.11. The number of nitrogens with zero attached hydrogens (tertiary/aromatic N) is 1. The highest BCUT2D eigenvalue weighted by molar-refractivity contribution is 6.02. The van der Waals surface area contributed by atoms with Crippen molar-refractivity contribution in [2.24, 2.45) is 0 Å². The molecule has 5 nitrogen and oxygen atoms in total. The van der Waals surface area contributed by atoms with Crippen LogP contribution in [0.15, 0.2) is 41.1 Å². The van der Waals surface area contributed by atoms with Gasteiger partial charge in [-0.1, -0.05) is 0 Å². The van der Waals surface area contributed by atoms with Crippen LogP contribution in [0, 0.1) is 0 Å². The molecule has 0 aliphatic rings. The van der Waals surface area contributed by atoms with E-state index in [2.05, 4.69) is 10.3 Å². The molecule has 2 aromatic heterocycles. The first kappa shape index (κ1) is 10.2. The maximum atomic E-state index is 11.6. The van der Waals surface area contributed by atoms with Gasteiger partial charge in [-0.3, -0.25) is 4.79 Å². The van der Waals surface area contributed by atoms with Crippen LogP contribution in [0.2, 0.25) is 0 Å². The van der Waals surface area contributed by atoms with Gasteiger partial charge in [-0.15, -0.1) is 0 Å². The largest absolute Gasteiger partial charge is 0.493 e. The number of rotatable bonds is 3. The smallest absolute Gasteiger partial charge is 0.292 e. The molecule has 5 heteroatoms. The van der Waals surface area contributed by atoms with E-state index in [0.29, 0.717) is 11.6 Å². The normalized spacial score (nSPS) is 9.81. The van der Waals surface area contributed by atoms with Crippen LogP contribution < -0.4 is 10.1 Å². The third-order valence-corrected chi connectivity index (χ3v) is 1.97. The predicted octanol–water partition coefficient (Wildman–Crippen LogP) is 1.94. The SMILES string of the molecule is COc1cccnc1NC(=O)c1ccco1. The molecule has 0 fully saturated rings. The molecule has 0 atom stereocenters. The van der Waals surface area contributed by atoms with Gasteiger partial charge in [-0.2, -0.15) is 0 Å². The van der Waals surface area contributed by atoms with E-state index in [4.69, 9.17) is 9.15 Å². The molecule has 1 N–H and O–H groups in total. The van der Waals surface area contributed by atoms with Gasteiger partial charge in [0.05, 0.1) is 13.4 Å². The van der Waals surface area contributed by atoms with Crippen LogP contribution >= 0.6 is 0 Å². The fourth-order valence-corrected chi connectivity index (χ4v) is 1.23. The van der Waals surface area contributed by atoms with Crippen LogP contribution in [0.5, 0.6) is 5.75 Å². The van der Waals surface area contributed by atoms with Crippen molar-refractivity contribution in [3.63, 3.8) is 0 Å². The molecule has 0 radical (unpaired) electrons. The summed E-state index contributed by atoms with van der Waals surface area (Å²) in [6.45, 7) is 0. The molecule has 2 rings (SSSR count). The Balaban J connectivity index is 2.18. The summed E-state index contributed by atoms with van der Waals surface area (Å²) in [6.07, 6.45) is 3.00. The number of hydrogen-bond acceptors (Lipinski definition) is 4. The summed E-state index contributed by atoms with van der Waals surface area (Å²) < 4.78 is 10.0. The summed E-state index contributed by atoms with van der Waals surface area (Å²) in [5.74, 6) is 0.739. The Hall–Kier alpha value is -2.30. The zero-order valence-electron chi connectivity index (χ0n) is 8.64. The molecular weight excluding hydrogens is 208 g/mol. The highest BCUT2D eigenvalue weighted by Crippen LogP contribution is 2.20. The molecule has 0 saturated heterocycles. The number of hydrogen-bond donors (Lipinski definition) is 1. The summed E-state index contributed by atoms with van der Waals surface area (Å²) >= 11 is 0. The van der Waals surface area contributed by atoms with Gasteiger partial charge >= 0.3 is 0 Å². The van der Waals surface area contributed by atoms with Crippen molar-refractivity contribution >= 4 is 11.7 Å². The summed E-state index contributed by atoms with van der Waals surface area (Å²) in [7, 11) is 1.51. The lowest BCUT2D eigenvalue weighted by atomic mass is 10.4. The number of furan rings is 1. The van der Waals surface area contributed by atoms with Crippen LogP contribution in [0.1, 0.15) is 10.6 Å². The van der Waals surface area contributed by atoms with Gasteiger partial charge in [0.2, 0.25) is 0 Å². The average Bonchev–Trinajstić information content (AvgIpc) is 2.83. The summed E-state index contributed by atoms with van der Waals surface area (Å²) in [4.78, 5) is 15.6. The molecule has 0 aliphatic carbocycles. The number of anilines is 1. The minimum absolute atomic E-state index is 0.229. The number of carbonyl (C=O) groups is 1.